The van der Waals surface area contributed by atoms with Gasteiger partial charge in [0.25, 0.3) is 0 Å². The highest BCUT2D eigenvalue weighted by molar-refractivity contribution is 5.92. The van der Waals surface area contributed by atoms with E-state index in [4.69, 9.17) is 5.48 Å². The molecule has 0 spiro atoms. The zero-order chi connectivity index (χ0) is 14.4. The molecule has 2 aromatic carbocycles. The van der Waals surface area contributed by atoms with E-state index in [1.165, 1.54) is 0 Å². The fraction of sp³-hybridized carbons (Fsp3) is 0.214. The van der Waals surface area contributed by atoms with Crippen LogP contribution >= 0.6 is 12.4 Å². The second-order valence-electron chi connectivity index (χ2n) is 3.74. The molecule has 1 aliphatic rings. The first-order valence-corrected chi connectivity index (χ1v) is 5.23. The summed E-state index contributed by atoms with van der Waals surface area (Å²) in [4.78, 5) is 3.84. The molecular weight excluding hydrogens is 232 g/mol. The molecule has 0 amide bonds. The van der Waals surface area contributed by atoms with E-state index < -0.39 is 13.0 Å². The van der Waals surface area contributed by atoms with Crippen LogP contribution in [0.2, 0.25) is 0 Å². The van der Waals surface area contributed by atoms with Crippen LogP contribution in [0.1, 0.15) is 11.0 Å². The predicted octanol–water partition coefficient (Wildman–Crippen LogP) is 2.81. The maximum atomic E-state index is 7.61. The Balaban J connectivity index is 0.00000161. The molecule has 0 radical (unpaired) electrons. The molecule has 1 aliphatic heterocycles. The maximum Gasteiger partial charge on any atom is 0.101 e. The van der Waals surface area contributed by atoms with Crippen molar-refractivity contribution in [3.05, 3.63) is 48.0 Å². The zero-order valence-electron chi connectivity index (χ0n) is 13.1. The molecule has 2 nitrogen and oxygen atoms in total. The van der Waals surface area contributed by atoms with Gasteiger partial charge in [0.05, 0.1) is 12.0 Å². The van der Waals surface area contributed by atoms with Crippen molar-refractivity contribution in [2.75, 3.05) is 13.0 Å². The fourth-order valence-corrected chi connectivity index (χ4v) is 1.93. The van der Waals surface area contributed by atoms with Crippen LogP contribution in [0.5, 0.6) is 0 Å². The average Bonchev–Trinajstić information content (AvgIpc) is 2.58. The summed E-state index contributed by atoms with van der Waals surface area (Å²) in [7, 11) is 0. The summed E-state index contributed by atoms with van der Waals surface area (Å²) in [6.45, 7) is -4.39. The first-order valence-electron chi connectivity index (χ1n) is 7.23. The van der Waals surface area contributed by atoms with Crippen molar-refractivity contribution in [3.63, 3.8) is 0 Å². The van der Waals surface area contributed by atoms with E-state index in [0.29, 0.717) is 12.3 Å². The molecule has 0 aliphatic carbocycles. The number of halogens is 1. The topological polar surface area (TPSA) is 24.4 Å². The van der Waals surface area contributed by atoms with Gasteiger partial charge >= 0.3 is 0 Å². The first kappa shape index (κ1) is 7.72. The molecule has 0 aromatic heterocycles. The van der Waals surface area contributed by atoms with Crippen LogP contribution in [0.25, 0.3) is 10.8 Å². The van der Waals surface area contributed by atoms with Crippen molar-refractivity contribution in [2.45, 2.75) is 6.42 Å². The van der Waals surface area contributed by atoms with E-state index in [1.54, 1.807) is 0 Å². The Morgan fingerprint density at radius 1 is 1.18 bits per heavy atom. The largest absolute Gasteiger partial charge is 0.372 e. The summed E-state index contributed by atoms with van der Waals surface area (Å²) in [6.07, 6.45) is 0.389. The Bertz CT molecular complexity index is 695. The monoisotopic (exact) mass is 250 g/mol. The molecule has 1 heterocycles. The molecule has 2 aromatic rings. The summed E-state index contributed by atoms with van der Waals surface area (Å²) < 4.78 is 30.4. The Hall–Kier alpha value is -1.54. The number of rotatable bonds is 2. The summed E-state index contributed by atoms with van der Waals surface area (Å²) in [5.74, 6) is 0.344. The van der Waals surface area contributed by atoms with Crippen LogP contribution in [0.15, 0.2) is 47.5 Å². The number of amidine groups is 1. The molecule has 0 bridgehead atoms. The predicted molar refractivity (Wildman–Crippen MR) is 75.2 cm³/mol. The Labute approximate surface area is 113 Å². The lowest BCUT2D eigenvalue weighted by molar-refractivity contribution is 0.954. The van der Waals surface area contributed by atoms with E-state index in [2.05, 4.69) is 10.3 Å². The molecule has 0 unspecified atom stereocenters. The second-order valence-corrected chi connectivity index (χ2v) is 3.74. The van der Waals surface area contributed by atoms with Gasteiger partial charge in [-0.05, 0) is 16.3 Å². The molecular formula is C14H15ClN2. The number of aliphatic imine (C=N–C) groups is 1. The summed E-state index contributed by atoms with van der Waals surface area (Å²) in [5, 5.41) is 4.72. The van der Waals surface area contributed by atoms with E-state index in [1.807, 2.05) is 42.5 Å². The molecule has 0 saturated heterocycles. The van der Waals surface area contributed by atoms with Crippen molar-refractivity contribution in [3.8, 4) is 0 Å². The molecule has 17 heavy (non-hydrogen) atoms. The molecule has 0 fully saturated rings. The standard InChI is InChI=1S/C14H14N2.ClH/c1-2-7-13-11(4-1)5-3-6-12(13)10-14-15-8-9-16-14;/h1-7H,8-10H2,(H,15,16);1H/i8D2,9D2;. The fourth-order valence-electron chi connectivity index (χ4n) is 1.93. The normalized spacial score (nSPS) is 23.4. The van der Waals surface area contributed by atoms with Gasteiger partial charge in [-0.25, -0.2) is 0 Å². The van der Waals surface area contributed by atoms with Crippen LogP contribution in [0, 0.1) is 0 Å². The Morgan fingerprint density at radius 3 is 2.82 bits per heavy atom. The van der Waals surface area contributed by atoms with Crippen molar-refractivity contribution >= 4 is 29.0 Å². The van der Waals surface area contributed by atoms with Gasteiger partial charge in [0.1, 0.15) is 5.84 Å². The number of nitrogens with one attached hydrogen (secondary N) is 1. The van der Waals surface area contributed by atoms with Crippen LogP contribution in [-0.2, 0) is 6.42 Å². The van der Waals surface area contributed by atoms with Crippen LogP contribution < -0.4 is 5.32 Å². The van der Waals surface area contributed by atoms with Crippen molar-refractivity contribution < 1.29 is 5.48 Å². The quantitative estimate of drug-likeness (QED) is 0.871. The van der Waals surface area contributed by atoms with E-state index in [9.17, 15) is 0 Å². The summed E-state index contributed by atoms with van der Waals surface area (Å²) in [5.41, 5.74) is 1.00. The van der Waals surface area contributed by atoms with E-state index in [0.717, 1.165) is 16.3 Å². The van der Waals surface area contributed by atoms with Crippen LogP contribution in [-0.4, -0.2) is 18.8 Å². The Morgan fingerprint density at radius 2 is 2.00 bits per heavy atom. The lowest BCUT2D eigenvalue weighted by atomic mass is 10.0. The minimum Gasteiger partial charge on any atom is -0.372 e. The van der Waals surface area contributed by atoms with Gasteiger partial charge in [0.15, 0.2) is 0 Å². The van der Waals surface area contributed by atoms with Crippen LogP contribution in [0.3, 0.4) is 0 Å². The van der Waals surface area contributed by atoms with Crippen molar-refractivity contribution in [1.82, 2.24) is 5.32 Å². The van der Waals surface area contributed by atoms with Gasteiger partial charge in [-0.2, -0.15) is 0 Å². The minimum atomic E-state index is -2.23. The summed E-state index contributed by atoms with van der Waals surface area (Å²) >= 11 is 0. The second kappa shape index (κ2) is 5.19. The average molecular weight is 251 g/mol. The molecule has 88 valence electrons. The van der Waals surface area contributed by atoms with Gasteiger partial charge in [0.2, 0.25) is 0 Å². The van der Waals surface area contributed by atoms with Gasteiger partial charge in [0, 0.05) is 12.9 Å². The van der Waals surface area contributed by atoms with Crippen LogP contribution in [0.4, 0.5) is 0 Å². The number of fused-ring (bicyclic) bond motifs is 1. The minimum absolute atomic E-state index is 0. The molecule has 0 atom stereocenters. The molecule has 0 saturated carbocycles. The molecule has 3 rings (SSSR count). The highest BCUT2D eigenvalue weighted by Crippen LogP contribution is 2.19. The number of nitrogens with zero attached hydrogens (tertiary/aromatic N) is 1. The zero-order valence-corrected chi connectivity index (χ0v) is 9.92. The van der Waals surface area contributed by atoms with Gasteiger partial charge in [-0.15, -0.1) is 12.4 Å². The van der Waals surface area contributed by atoms with E-state index in [-0.39, 0.29) is 12.4 Å². The lowest BCUT2D eigenvalue weighted by Crippen LogP contribution is -2.20. The van der Waals surface area contributed by atoms with Gasteiger partial charge in [-0.1, -0.05) is 42.5 Å². The third-order valence-corrected chi connectivity index (χ3v) is 2.69. The first-order chi connectivity index (χ1) is 9.39. The molecule has 1 N–H and O–H groups in total. The van der Waals surface area contributed by atoms with Gasteiger partial charge < -0.3 is 5.32 Å². The highest BCUT2D eigenvalue weighted by atomic mass is 35.5. The lowest BCUT2D eigenvalue weighted by Gasteiger charge is -2.06. The highest BCUT2D eigenvalue weighted by Gasteiger charge is 2.07. The summed E-state index contributed by atoms with van der Waals surface area (Å²) in [6, 6.07) is 13.8. The maximum absolute atomic E-state index is 7.61. The van der Waals surface area contributed by atoms with Crippen molar-refractivity contribution in [2.24, 2.45) is 4.99 Å². The SMILES string of the molecule is Cl.[2H]C1([2H])N=C(Cc2cccc3ccccc23)NC1([2H])[2H]. The van der Waals surface area contributed by atoms with E-state index >= 15 is 0 Å². The third kappa shape index (κ3) is 2.42. The smallest absolute Gasteiger partial charge is 0.101 e. The molecule has 3 heteroatoms. The number of benzene rings is 2. The van der Waals surface area contributed by atoms with Crippen molar-refractivity contribution in [1.29, 1.82) is 0 Å². The third-order valence-electron chi connectivity index (χ3n) is 2.69. The number of hydrogen-bond acceptors (Lipinski definition) is 2. The van der Waals surface area contributed by atoms with Gasteiger partial charge in [-0.3, -0.25) is 4.99 Å². The Kier molecular flexibility index (Phi) is 2.36. The number of hydrogen-bond donors (Lipinski definition) is 1.